The number of hydrogen-bond donors (Lipinski definition) is 3. The maximum Gasteiger partial charge on any atom is 0.335 e. The molecule has 1 aliphatic carbocycles. The molecule has 1 aromatic carbocycles. The fourth-order valence-corrected chi connectivity index (χ4v) is 2.28. The van der Waals surface area contributed by atoms with E-state index in [0.29, 0.717) is 18.4 Å². The molecule has 0 radical (unpaired) electrons. The van der Waals surface area contributed by atoms with E-state index in [0.717, 1.165) is 12.8 Å². The van der Waals surface area contributed by atoms with Gasteiger partial charge >= 0.3 is 5.97 Å². The Labute approximate surface area is 111 Å². The smallest absolute Gasteiger partial charge is 0.335 e. The number of carbonyl (C=O) groups excluding carboxylic acids is 1. The van der Waals surface area contributed by atoms with Gasteiger partial charge in [0.05, 0.1) is 11.7 Å². The van der Waals surface area contributed by atoms with Crippen LogP contribution >= 0.6 is 0 Å². The third-order valence-corrected chi connectivity index (χ3v) is 3.40. The average Bonchev–Trinajstić information content (AvgIpc) is 2.41. The van der Waals surface area contributed by atoms with Gasteiger partial charge in [0, 0.05) is 11.6 Å². The minimum Gasteiger partial charge on any atom is -0.478 e. The number of carboxylic acids is 1. The Bertz CT molecular complexity index is 478. The van der Waals surface area contributed by atoms with Gasteiger partial charge in [0.25, 0.3) is 5.91 Å². The molecule has 0 heterocycles. The van der Waals surface area contributed by atoms with Crippen molar-refractivity contribution in [1.82, 2.24) is 5.32 Å². The summed E-state index contributed by atoms with van der Waals surface area (Å²) in [6, 6.07) is 6.04. The maximum absolute atomic E-state index is 12.0. The summed E-state index contributed by atoms with van der Waals surface area (Å²) < 4.78 is 0. The second-order valence-electron chi connectivity index (χ2n) is 4.86. The normalized spacial score (nSPS) is 22.8. The van der Waals surface area contributed by atoms with Crippen LogP contribution in [-0.2, 0) is 0 Å². The molecule has 19 heavy (non-hydrogen) atoms. The zero-order chi connectivity index (χ0) is 13.8. The average molecular weight is 263 g/mol. The highest BCUT2D eigenvalue weighted by Gasteiger charge is 2.21. The summed E-state index contributed by atoms with van der Waals surface area (Å²) in [5.74, 6) is -1.31. The van der Waals surface area contributed by atoms with E-state index in [9.17, 15) is 14.7 Å². The molecular formula is C14H17NO4. The molecule has 0 aromatic heterocycles. The lowest BCUT2D eigenvalue weighted by atomic mass is 9.93. The van der Waals surface area contributed by atoms with Crippen molar-refractivity contribution < 1.29 is 19.8 Å². The van der Waals surface area contributed by atoms with Crippen LogP contribution in [0.3, 0.4) is 0 Å². The number of benzene rings is 1. The van der Waals surface area contributed by atoms with E-state index in [1.807, 2.05) is 0 Å². The van der Waals surface area contributed by atoms with Gasteiger partial charge in [-0.25, -0.2) is 4.79 Å². The van der Waals surface area contributed by atoms with E-state index in [1.165, 1.54) is 12.1 Å². The molecule has 0 saturated heterocycles. The van der Waals surface area contributed by atoms with Crippen molar-refractivity contribution in [2.75, 3.05) is 0 Å². The Morgan fingerprint density at radius 2 is 1.74 bits per heavy atom. The fourth-order valence-electron chi connectivity index (χ4n) is 2.28. The summed E-state index contributed by atoms with van der Waals surface area (Å²) in [6.45, 7) is 0. The molecule has 2 rings (SSSR count). The number of rotatable bonds is 3. The number of amides is 1. The van der Waals surface area contributed by atoms with E-state index < -0.39 is 5.97 Å². The summed E-state index contributed by atoms with van der Waals surface area (Å²) in [6.07, 6.45) is 2.64. The number of aromatic carboxylic acids is 1. The van der Waals surface area contributed by atoms with E-state index >= 15 is 0 Å². The largest absolute Gasteiger partial charge is 0.478 e. The van der Waals surface area contributed by atoms with Crippen molar-refractivity contribution >= 4 is 11.9 Å². The number of carbonyl (C=O) groups is 2. The van der Waals surface area contributed by atoms with Gasteiger partial charge < -0.3 is 15.5 Å². The molecule has 1 amide bonds. The first-order valence-corrected chi connectivity index (χ1v) is 6.38. The molecule has 0 aliphatic heterocycles. The van der Waals surface area contributed by atoms with Crippen LogP contribution in [0.1, 0.15) is 46.4 Å². The van der Waals surface area contributed by atoms with Crippen molar-refractivity contribution in [2.24, 2.45) is 0 Å². The van der Waals surface area contributed by atoms with Crippen LogP contribution in [0.25, 0.3) is 0 Å². The lowest BCUT2D eigenvalue weighted by Gasteiger charge is -2.26. The highest BCUT2D eigenvalue weighted by atomic mass is 16.4. The Morgan fingerprint density at radius 1 is 1.11 bits per heavy atom. The number of aliphatic hydroxyl groups excluding tert-OH is 1. The van der Waals surface area contributed by atoms with E-state index in [4.69, 9.17) is 5.11 Å². The number of carboxylic acid groups (broad SMARTS) is 1. The quantitative estimate of drug-likeness (QED) is 0.769. The molecule has 5 nitrogen and oxygen atoms in total. The van der Waals surface area contributed by atoms with E-state index in [2.05, 4.69) is 5.32 Å². The summed E-state index contributed by atoms with van der Waals surface area (Å²) in [4.78, 5) is 22.8. The SMILES string of the molecule is O=C(O)c1cccc(C(=O)NC2CCC(O)CC2)c1. The van der Waals surface area contributed by atoms with E-state index in [-0.39, 0.29) is 23.6 Å². The summed E-state index contributed by atoms with van der Waals surface area (Å²) in [5.41, 5.74) is 0.456. The Balaban J connectivity index is 2.00. The molecule has 0 spiro atoms. The molecule has 1 aromatic rings. The van der Waals surface area contributed by atoms with Crippen molar-refractivity contribution in [2.45, 2.75) is 37.8 Å². The van der Waals surface area contributed by atoms with Crippen molar-refractivity contribution in [3.05, 3.63) is 35.4 Å². The first-order chi connectivity index (χ1) is 9.06. The van der Waals surface area contributed by atoms with Crippen LogP contribution in [0.2, 0.25) is 0 Å². The second kappa shape index (κ2) is 5.84. The molecule has 0 atom stereocenters. The number of hydrogen-bond acceptors (Lipinski definition) is 3. The highest BCUT2D eigenvalue weighted by molar-refractivity contribution is 5.97. The van der Waals surface area contributed by atoms with Crippen LogP contribution in [0.4, 0.5) is 0 Å². The number of nitrogens with one attached hydrogen (secondary N) is 1. The second-order valence-corrected chi connectivity index (χ2v) is 4.86. The molecule has 3 N–H and O–H groups in total. The van der Waals surface area contributed by atoms with Crippen LogP contribution in [0, 0.1) is 0 Å². The Kier molecular flexibility index (Phi) is 4.16. The molecule has 1 saturated carbocycles. The van der Waals surface area contributed by atoms with Crippen molar-refractivity contribution in [3.63, 3.8) is 0 Å². The summed E-state index contributed by atoms with van der Waals surface area (Å²) in [7, 11) is 0. The topological polar surface area (TPSA) is 86.6 Å². The first kappa shape index (κ1) is 13.5. The standard InChI is InChI=1S/C14H17NO4/c16-12-6-4-11(5-7-12)15-13(17)9-2-1-3-10(8-9)14(18)19/h1-3,8,11-12,16H,4-7H2,(H,15,17)(H,18,19). The van der Waals surface area contributed by atoms with Gasteiger partial charge in [0.2, 0.25) is 0 Å². The van der Waals surface area contributed by atoms with E-state index in [1.54, 1.807) is 12.1 Å². The van der Waals surface area contributed by atoms with Gasteiger partial charge in [0.1, 0.15) is 0 Å². The molecule has 0 bridgehead atoms. The van der Waals surface area contributed by atoms with Gasteiger partial charge in [-0.2, -0.15) is 0 Å². The van der Waals surface area contributed by atoms with Crippen LogP contribution in [0.5, 0.6) is 0 Å². The van der Waals surface area contributed by atoms with Crippen LogP contribution < -0.4 is 5.32 Å². The Hall–Kier alpha value is -1.88. The van der Waals surface area contributed by atoms with Crippen LogP contribution in [-0.4, -0.2) is 34.2 Å². The predicted octanol–water partition coefficient (Wildman–Crippen LogP) is 1.42. The van der Waals surface area contributed by atoms with Gasteiger partial charge in [-0.15, -0.1) is 0 Å². The molecule has 5 heteroatoms. The molecule has 1 fully saturated rings. The molecule has 1 aliphatic rings. The summed E-state index contributed by atoms with van der Waals surface area (Å²) in [5, 5.41) is 21.2. The van der Waals surface area contributed by atoms with Gasteiger partial charge in [0.15, 0.2) is 0 Å². The lowest BCUT2D eigenvalue weighted by Crippen LogP contribution is -2.38. The highest BCUT2D eigenvalue weighted by Crippen LogP contribution is 2.18. The minimum atomic E-state index is -1.05. The molecule has 102 valence electrons. The van der Waals surface area contributed by atoms with Gasteiger partial charge in [-0.05, 0) is 43.9 Å². The third kappa shape index (κ3) is 3.54. The fraction of sp³-hybridized carbons (Fsp3) is 0.429. The van der Waals surface area contributed by atoms with Crippen LogP contribution in [0.15, 0.2) is 24.3 Å². The molecular weight excluding hydrogens is 246 g/mol. The predicted molar refractivity (Wildman–Crippen MR) is 69.1 cm³/mol. The van der Waals surface area contributed by atoms with Gasteiger partial charge in [-0.1, -0.05) is 6.07 Å². The maximum atomic E-state index is 12.0. The zero-order valence-corrected chi connectivity index (χ0v) is 10.5. The zero-order valence-electron chi connectivity index (χ0n) is 10.5. The molecule has 0 unspecified atom stereocenters. The lowest BCUT2D eigenvalue weighted by molar-refractivity contribution is 0.0697. The van der Waals surface area contributed by atoms with Crippen molar-refractivity contribution in [3.8, 4) is 0 Å². The summed E-state index contributed by atoms with van der Waals surface area (Å²) >= 11 is 0. The number of aliphatic hydroxyl groups is 1. The monoisotopic (exact) mass is 263 g/mol. The third-order valence-electron chi connectivity index (χ3n) is 3.40. The van der Waals surface area contributed by atoms with Gasteiger partial charge in [-0.3, -0.25) is 4.79 Å². The Morgan fingerprint density at radius 3 is 2.37 bits per heavy atom. The first-order valence-electron chi connectivity index (χ1n) is 6.38. The van der Waals surface area contributed by atoms with Crippen molar-refractivity contribution in [1.29, 1.82) is 0 Å². The minimum absolute atomic E-state index is 0.0596.